The van der Waals surface area contributed by atoms with Gasteiger partial charge in [0.15, 0.2) is 0 Å². The molecule has 0 bridgehead atoms. The molecule has 0 amide bonds. The Morgan fingerprint density at radius 2 is 2.33 bits per heavy atom. The van der Waals surface area contributed by atoms with E-state index in [1.54, 1.807) is 12.3 Å². The lowest BCUT2D eigenvalue weighted by molar-refractivity contribution is 0.538. The summed E-state index contributed by atoms with van der Waals surface area (Å²) in [6.45, 7) is 0. The van der Waals surface area contributed by atoms with Crippen LogP contribution in [0, 0.1) is 5.92 Å². The lowest BCUT2D eigenvalue weighted by Crippen LogP contribution is -2.07. The van der Waals surface area contributed by atoms with Crippen LogP contribution >= 0.6 is 11.6 Å². The van der Waals surface area contributed by atoms with Crippen molar-refractivity contribution in [2.45, 2.75) is 12.3 Å². The third-order valence-electron chi connectivity index (χ3n) is 3.07. The Hall–Kier alpha value is -1.61. The van der Waals surface area contributed by atoms with Crippen LogP contribution in [0.15, 0.2) is 52.5 Å². The molecule has 1 atom stereocenters. The number of halogens is 2. The van der Waals surface area contributed by atoms with Crippen molar-refractivity contribution in [3.05, 3.63) is 59.6 Å². The number of oxazole rings is 1. The molecule has 1 aromatic rings. The maximum absolute atomic E-state index is 13.1. The van der Waals surface area contributed by atoms with Gasteiger partial charge in [-0.15, -0.1) is 11.6 Å². The normalized spacial score (nSPS) is 22.1. The van der Waals surface area contributed by atoms with Gasteiger partial charge in [-0.05, 0) is 17.7 Å². The van der Waals surface area contributed by atoms with Crippen LogP contribution in [0.2, 0.25) is 0 Å². The number of alkyl halides is 1. The third kappa shape index (κ3) is 2.06. The van der Waals surface area contributed by atoms with Gasteiger partial charge in [-0.25, -0.2) is 9.37 Å². The van der Waals surface area contributed by atoms with Gasteiger partial charge < -0.3 is 4.42 Å². The van der Waals surface area contributed by atoms with Crippen LogP contribution in [0.4, 0.5) is 4.39 Å². The molecule has 18 heavy (non-hydrogen) atoms. The van der Waals surface area contributed by atoms with Crippen LogP contribution in [-0.2, 0) is 5.88 Å². The summed E-state index contributed by atoms with van der Waals surface area (Å²) in [4.78, 5) is 4.27. The van der Waals surface area contributed by atoms with Gasteiger partial charge in [-0.1, -0.05) is 18.2 Å². The van der Waals surface area contributed by atoms with Gasteiger partial charge in [0.05, 0.1) is 11.6 Å². The van der Waals surface area contributed by atoms with Gasteiger partial charge in [0.1, 0.15) is 12.1 Å². The molecule has 3 rings (SSSR count). The van der Waals surface area contributed by atoms with E-state index in [0.29, 0.717) is 23.9 Å². The summed E-state index contributed by atoms with van der Waals surface area (Å²) in [5, 5.41) is 0. The highest BCUT2D eigenvalue weighted by Crippen LogP contribution is 2.34. The summed E-state index contributed by atoms with van der Waals surface area (Å²) < 4.78 is 18.5. The molecule has 1 heterocycles. The van der Waals surface area contributed by atoms with Crippen LogP contribution < -0.4 is 0 Å². The first-order valence-electron chi connectivity index (χ1n) is 5.73. The van der Waals surface area contributed by atoms with E-state index in [-0.39, 0.29) is 11.7 Å². The number of hydrogen-bond acceptors (Lipinski definition) is 2. The van der Waals surface area contributed by atoms with Gasteiger partial charge in [0, 0.05) is 17.9 Å². The number of rotatable bonds is 2. The van der Waals surface area contributed by atoms with Crippen molar-refractivity contribution in [2.24, 2.45) is 5.92 Å². The first-order chi connectivity index (χ1) is 8.76. The Balaban J connectivity index is 1.93. The standard InChI is InChI=1S/C14H11ClFNO/c15-7-13-8-18-14(17-13)11-2-1-10-6-12(16)4-3-9(10)5-11/h1-5,8,10H,6-7H2. The first-order valence-corrected chi connectivity index (χ1v) is 6.26. The summed E-state index contributed by atoms with van der Waals surface area (Å²) in [6.07, 6.45) is 11.2. The Morgan fingerprint density at radius 3 is 3.11 bits per heavy atom. The minimum absolute atomic E-state index is 0.0780. The molecule has 0 radical (unpaired) electrons. The van der Waals surface area contributed by atoms with Crippen molar-refractivity contribution in [2.75, 3.05) is 0 Å². The molecule has 2 aliphatic rings. The molecule has 2 nitrogen and oxygen atoms in total. The van der Waals surface area contributed by atoms with E-state index in [1.165, 1.54) is 6.08 Å². The highest BCUT2D eigenvalue weighted by molar-refractivity contribution is 6.16. The quantitative estimate of drug-likeness (QED) is 0.749. The second-order valence-corrected chi connectivity index (χ2v) is 4.59. The van der Waals surface area contributed by atoms with E-state index < -0.39 is 0 Å². The molecule has 4 heteroatoms. The Morgan fingerprint density at radius 1 is 1.44 bits per heavy atom. The first kappa shape index (κ1) is 11.5. The average Bonchev–Trinajstić information content (AvgIpc) is 2.87. The summed E-state index contributed by atoms with van der Waals surface area (Å²) in [5.74, 6) is 0.933. The largest absolute Gasteiger partial charge is 0.444 e. The monoisotopic (exact) mass is 263 g/mol. The van der Waals surface area contributed by atoms with E-state index in [0.717, 1.165) is 11.1 Å². The molecule has 92 valence electrons. The fourth-order valence-electron chi connectivity index (χ4n) is 2.12. The maximum atomic E-state index is 13.1. The second kappa shape index (κ2) is 4.58. The van der Waals surface area contributed by atoms with Crippen LogP contribution in [0.5, 0.6) is 0 Å². The van der Waals surface area contributed by atoms with Gasteiger partial charge in [0.25, 0.3) is 0 Å². The molecule has 0 aromatic carbocycles. The average molecular weight is 264 g/mol. The number of nitrogens with zero attached hydrogens (tertiary/aromatic N) is 1. The van der Waals surface area contributed by atoms with Crippen LogP contribution in [0.3, 0.4) is 0 Å². The fourth-order valence-corrected chi connectivity index (χ4v) is 2.24. The lowest BCUT2D eigenvalue weighted by atomic mass is 9.85. The van der Waals surface area contributed by atoms with Gasteiger partial charge in [-0.3, -0.25) is 0 Å². The van der Waals surface area contributed by atoms with Crippen molar-refractivity contribution in [3.8, 4) is 0 Å². The van der Waals surface area contributed by atoms with Crippen molar-refractivity contribution < 1.29 is 8.81 Å². The zero-order valence-electron chi connectivity index (χ0n) is 9.57. The smallest absolute Gasteiger partial charge is 0.226 e. The van der Waals surface area contributed by atoms with E-state index >= 15 is 0 Å². The minimum Gasteiger partial charge on any atom is -0.444 e. The Labute approximate surface area is 109 Å². The molecule has 1 unspecified atom stereocenters. The van der Waals surface area contributed by atoms with Gasteiger partial charge >= 0.3 is 0 Å². The van der Waals surface area contributed by atoms with Crippen LogP contribution in [-0.4, -0.2) is 4.98 Å². The molecule has 0 spiro atoms. The minimum atomic E-state index is -0.0780. The van der Waals surface area contributed by atoms with Crippen molar-refractivity contribution >= 4 is 17.2 Å². The highest BCUT2D eigenvalue weighted by atomic mass is 35.5. The van der Waals surface area contributed by atoms with E-state index in [1.807, 2.05) is 18.2 Å². The number of hydrogen-bond donors (Lipinski definition) is 0. The number of fused-ring (bicyclic) bond motifs is 1. The van der Waals surface area contributed by atoms with Gasteiger partial charge in [0.2, 0.25) is 5.89 Å². The molecule has 0 saturated carbocycles. The molecule has 0 aliphatic heterocycles. The van der Waals surface area contributed by atoms with E-state index in [2.05, 4.69) is 4.98 Å². The summed E-state index contributed by atoms with van der Waals surface area (Å²) in [5.41, 5.74) is 2.69. The summed E-state index contributed by atoms with van der Waals surface area (Å²) in [7, 11) is 0. The summed E-state index contributed by atoms with van der Waals surface area (Å²) in [6, 6.07) is 0. The zero-order chi connectivity index (χ0) is 12.5. The number of aromatic nitrogens is 1. The van der Waals surface area contributed by atoms with E-state index in [9.17, 15) is 4.39 Å². The SMILES string of the molecule is FC1=CC=C2C=C(c3nc(CCl)co3)C=CC2C1. The predicted molar refractivity (Wildman–Crippen MR) is 68.6 cm³/mol. The topological polar surface area (TPSA) is 26.0 Å². The Bertz CT molecular complexity index is 595. The Kier molecular flexibility index (Phi) is 2.92. The van der Waals surface area contributed by atoms with Gasteiger partial charge in [-0.2, -0.15) is 0 Å². The maximum Gasteiger partial charge on any atom is 0.226 e. The van der Waals surface area contributed by atoms with Crippen LogP contribution in [0.25, 0.3) is 5.57 Å². The van der Waals surface area contributed by atoms with Crippen molar-refractivity contribution in [1.82, 2.24) is 4.98 Å². The molecular weight excluding hydrogens is 253 g/mol. The lowest BCUT2D eigenvalue weighted by Gasteiger charge is -2.20. The van der Waals surface area contributed by atoms with Crippen molar-refractivity contribution in [3.63, 3.8) is 0 Å². The van der Waals surface area contributed by atoms with Crippen molar-refractivity contribution in [1.29, 1.82) is 0 Å². The fraction of sp³-hybridized carbons (Fsp3) is 0.214. The van der Waals surface area contributed by atoms with Crippen LogP contribution in [0.1, 0.15) is 18.0 Å². The summed E-state index contributed by atoms with van der Waals surface area (Å²) >= 11 is 5.69. The molecule has 0 saturated heterocycles. The van der Waals surface area contributed by atoms with E-state index in [4.69, 9.17) is 16.0 Å². The predicted octanol–water partition coefficient (Wildman–Crippen LogP) is 4.17. The zero-order valence-corrected chi connectivity index (χ0v) is 10.3. The second-order valence-electron chi connectivity index (χ2n) is 4.33. The molecular formula is C14H11ClFNO. The molecule has 0 fully saturated rings. The molecule has 2 aliphatic carbocycles. The highest BCUT2D eigenvalue weighted by Gasteiger charge is 2.20. The molecule has 0 N–H and O–H groups in total. The third-order valence-corrected chi connectivity index (χ3v) is 3.34. The molecule has 1 aromatic heterocycles. The number of allylic oxidation sites excluding steroid dienone is 8.